The summed E-state index contributed by atoms with van der Waals surface area (Å²) >= 11 is 1.42. The second kappa shape index (κ2) is 6.36. The number of carbonyl (C=O) groups is 2. The predicted octanol–water partition coefficient (Wildman–Crippen LogP) is 3.33. The lowest BCUT2D eigenvalue weighted by molar-refractivity contribution is -0.116. The second-order valence-corrected chi connectivity index (χ2v) is 6.57. The molecule has 0 atom stereocenters. The van der Waals surface area contributed by atoms with E-state index >= 15 is 0 Å². The summed E-state index contributed by atoms with van der Waals surface area (Å²) < 4.78 is 0. The van der Waals surface area contributed by atoms with Crippen LogP contribution in [-0.2, 0) is 4.79 Å². The second-order valence-electron chi connectivity index (χ2n) is 5.56. The van der Waals surface area contributed by atoms with Gasteiger partial charge in [-0.25, -0.2) is 0 Å². The first-order chi connectivity index (χ1) is 10.6. The van der Waals surface area contributed by atoms with Gasteiger partial charge >= 0.3 is 0 Å². The van der Waals surface area contributed by atoms with Crippen molar-refractivity contribution in [3.63, 3.8) is 0 Å². The molecule has 0 aliphatic heterocycles. The van der Waals surface area contributed by atoms with Crippen molar-refractivity contribution < 1.29 is 9.59 Å². The molecule has 3 rings (SSSR count). The molecule has 0 bridgehead atoms. The fourth-order valence-corrected chi connectivity index (χ4v) is 3.00. The molecule has 1 fully saturated rings. The normalized spacial score (nSPS) is 13.9. The molecule has 6 heteroatoms. The number of hydrogen-bond donors (Lipinski definition) is 1. The maximum atomic E-state index is 12.0. The van der Waals surface area contributed by atoms with E-state index in [1.807, 2.05) is 19.1 Å². The largest absolute Gasteiger partial charge is 0.301 e. The van der Waals surface area contributed by atoms with Gasteiger partial charge in [-0.1, -0.05) is 41.2 Å². The van der Waals surface area contributed by atoms with Gasteiger partial charge in [0, 0.05) is 24.3 Å². The minimum atomic E-state index is -0.195. The van der Waals surface area contributed by atoms with Gasteiger partial charge in [0.25, 0.3) is 0 Å². The number of rotatable bonds is 6. The molecule has 1 aliphatic rings. The third-order valence-corrected chi connectivity index (χ3v) is 4.57. The molecule has 1 aliphatic carbocycles. The van der Waals surface area contributed by atoms with Crippen LogP contribution < -0.4 is 5.32 Å². The highest BCUT2D eigenvalue weighted by Gasteiger charge is 2.27. The summed E-state index contributed by atoms with van der Waals surface area (Å²) in [5.41, 5.74) is 1.75. The Labute approximate surface area is 132 Å². The quantitative estimate of drug-likeness (QED) is 0.830. The lowest BCUT2D eigenvalue weighted by atomic mass is 10.1. The molecule has 1 heterocycles. The first-order valence-corrected chi connectivity index (χ1v) is 8.16. The summed E-state index contributed by atoms with van der Waals surface area (Å²) in [6, 6.07) is 7.38. The average molecular weight is 315 g/mol. The Hall–Kier alpha value is -2.08. The van der Waals surface area contributed by atoms with Gasteiger partial charge in [0.05, 0.1) is 0 Å². The van der Waals surface area contributed by atoms with E-state index in [4.69, 9.17) is 0 Å². The van der Waals surface area contributed by atoms with Gasteiger partial charge in [-0.2, -0.15) is 0 Å². The van der Waals surface area contributed by atoms with Crippen LogP contribution in [0.15, 0.2) is 24.3 Å². The van der Waals surface area contributed by atoms with Crippen molar-refractivity contribution in [2.24, 2.45) is 0 Å². The monoisotopic (exact) mass is 315 g/mol. The molecule has 0 radical (unpaired) electrons. The Bertz CT molecular complexity index is 690. The molecule has 5 nitrogen and oxygen atoms in total. The standard InChI is InChI=1S/C16H17N3O2S/c1-10-2-4-11(5-3-10)13(20)8-9-14(21)17-16-19-18-15(22-16)12-6-7-12/h2-5,12H,6-9H2,1H3,(H,17,19,21). The molecule has 114 valence electrons. The van der Waals surface area contributed by atoms with Crippen molar-refractivity contribution in [2.75, 3.05) is 5.32 Å². The lowest BCUT2D eigenvalue weighted by Crippen LogP contribution is -2.13. The van der Waals surface area contributed by atoms with Crippen LogP contribution >= 0.6 is 11.3 Å². The highest BCUT2D eigenvalue weighted by Crippen LogP contribution is 2.42. The summed E-state index contributed by atoms with van der Waals surface area (Å²) in [5, 5.41) is 12.3. The van der Waals surface area contributed by atoms with Gasteiger partial charge in [0.1, 0.15) is 5.01 Å². The highest BCUT2D eigenvalue weighted by atomic mass is 32.1. The number of nitrogens with zero attached hydrogens (tertiary/aromatic N) is 2. The Morgan fingerprint density at radius 3 is 2.59 bits per heavy atom. The van der Waals surface area contributed by atoms with Gasteiger partial charge < -0.3 is 5.32 Å². The number of aromatic nitrogens is 2. The van der Waals surface area contributed by atoms with Crippen LogP contribution in [0.5, 0.6) is 0 Å². The number of ketones is 1. The SMILES string of the molecule is Cc1ccc(C(=O)CCC(=O)Nc2nnc(C3CC3)s2)cc1. The van der Waals surface area contributed by atoms with E-state index in [9.17, 15) is 9.59 Å². The third-order valence-electron chi connectivity index (χ3n) is 3.57. The van der Waals surface area contributed by atoms with Crippen molar-refractivity contribution in [1.82, 2.24) is 10.2 Å². The number of carbonyl (C=O) groups excluding carboxylic acids is 2. The zero-order valence-electron chi connectivity index (χ0n) is 12.3. The molecule has 0 saturated heterocycles. The van der Waals surface area contributed by atoms with Crippen molar-refractivity contribution in [3.8, 4) is 0 Å². The summed E-state index contributed by atoms with van der Waals surface area (Å²) in [6.07, 6.45) is 2.68. The zero-order chi connectivity index (χ0) is 15.5. The Kier molecular flexibility index (Phi) is 4.29. The van der Waals surface area contributed by atoms with Crippen LogP contribution in [0.3, 0.4) is 0 Å². The molecule has 0 unspecified atom stereocenters. The number of nitrogens with one attached hydrogen (secondary N) is 1. The van der Waals surface area contributed by atoms with Gasteiger partial charge in [0.15, 0.2) is 5.78 Å². The Morgan fingerprint density at radius 2 is 1.91 bits per heavy atom. The number of aryl methyl sites for hydroxylation is 1. The molecule has 1 aromatic heterocycles. The molecular weight excluding hydrogens is 298 g/mol. The third kappa shape index (κ3) is 3.76. The molecule has 1 N–H and O–H groups in total. The molecule has 2 aromatic rings. The van der Waals surface area contributed by atoms with Crippen LogP contribution in [0.25, 0.3) is 0 Å². The van der Waals surface area contributed by atoms with Crippen molar-refractivity contribution in [1.29, 1.82) is 0 Å². The lowest BCUT2D eigenvalue weighted by Gasteiger charge is -2.02. The summed E-state index contributed by atoms with van der Waals surface area (Å²) in [5.74, 6) is 0.316. The van der Waals surface area contributed by atoms with Crippen LogP contribution in [-0.4, -0.2) is 21.9 Å². The fourth-order valence-electron chi connectivity index (χ4n) is 2.07. The van der Waals surface area contributed by atoms with Crippen molar-refractivity contribution in [2.45, 2.75) is 38.5 Å². The molecule has 0 spiro atoms. The maximum absolute atomic E-state index is 12.0. The van der Waals surface area contributed by atoms with Gasteiger partial charge in [-0.05, 0) is 19.8 Å². The van der Waals surface area contributed by atoms with Gasteiger partial charge in [-0.15, -0.1) is 10.2 Å². The van der Waals surface area contributed by atoms with E-state index in [-0.39, 0.29) is 24.5 Å². The Morgan fingerprint density at radius 1 is 1.18 bits per heavy atom. The van der Waals surface area contributed by atoms with Gasteiger partial charge in [0.2, 0.25) is 11.0 Å². The molecule has 1 aromatic carbocycles. The van der Waals surface area contributed by atoms with E-state index in [1.165, 1.54) is 11.3 Å². The van der Waals surface area contributed by atoms with E-state index in [0.29, 0.717) is 16.6 Å². The Balaban J connectivity index is 1.48. The summed E-state index contributed by atoms with van der Waals surface area (Å²) in [6.45, 7) is 1.97. The number of Topliss-reactive ketones (excluding diaryl/α,β-unsaturated/α-hetero) is 1. The highest BCUT2D eigenvalue weighted by molar-refractivity contribution is 7.15. The first-order valence-electron chi connectivity index (χ1n) is 7.35. The van der Waals surface area contributed by atoms with Crippen LogP contribution in [0.2, 0.25) is 0 Å². The smallest absolute Gasteiger partial charge is 0.226 e. The van der Waals surface area contributed by atoms with Crippen LogP contribution in [0, 0.1) is 6.92 Å². The fraction of sp³-hybridized carbons (Fsp3) is 0.375. The topological polar surface area (TPSA) is 72.0 Å². The van der Waals surface area contributed by atoms with Crippen molar-refractivity contribution in [3.05, 3.63) is 40.4 Å². The minimum absolute atomic E-state index is 0.0221. The van der Waals surface area contributed by atoms with E-state index in [0.717, 1.165) is 23.4 Å². The summed E-state index contributed by atoms with van der Waals surface area (Å²) in [4.78, 5) is 23.9. The number of benzene rings is 1. The molecule has 22 heavy (non-hydrogen) atoms. The molecule has 1 saturated carbocycles. The van der Waals surface area contributed by atoms with E-state index in [1.54, 1.807) is 12.1 Å². The number of anilines is 1. The summed E-state index contributed by atoms with van der Waals surface area (Å²) in [7, 11) is 0. The molecule has 1 amide bonds. The maximum Gasteiger partial charge on any atom is 0.226 e. The predicted molar refractivity (Wildman–Crippen MR) is 85.3 cm³/mol. The number of hydrogen-bond acceptors (Lipinski definition) is 5. The van der Waals surface area contributed by atoms with Crippen molar-refractivity contribution >= 4 is 28.2 Å². The first kappa shape index (κ1) is 14.8. The van der Waals surface area contributed by atoms with E-state index in [2.05, 4.69) is 15.5 Å². The molecular formula is C16H17N3O2S. The van der Waals surface area contributed by atoms with Crippen LogP contribution in [0.1, 0.15) is 52.5 Å². The average Bonchev–Trinajstić information content (AvgIpc) is 3.26. The van der Waals surface area contributed by atoms with Crippen LogP contribution in [0.4, 0.5) is 5.13 Å². The number of amides is 1. The van der Waals surface area contributed by atoms with E-state index < -0.39 is 0 Å². The zero-order valence-corrected chi connectivity index (χ0v) is 13.2. The minimum Gasteiger partial charge on any atom is -0.301 e. The van der Waals surface area contributed by atoms with Gasteiger partial charge in [-0.3, -0.25) is 9.59 Å².